The SMILES string of the molecule is O=C1OC2=[Si](/C=C\C=C/C=C\2)OC(=O)C(O)C1O. The number of hydrogen-bond donors (Lipinski definition) is 2. The summed E-state index contributed by atoms with van der Waals surface area (Å²) in [6.45, 7) is 0. The molecule has 2 aliphatic rings. The van der Waals surface area contributed by atoms with Gasteiger partial charge in [0.2, 0.25) is 0 Å². The Labute approximate surface area is 104 Å². The summed E-state index contributed by atoms with van der Waals surface area (Å²) >= 11 is 0. The molecule has 0 aromatic heterocycles. The molecule has 6 nitrogen and oxygen atoms in total. The first-order valence-electron chi connectivity index (χ1n) is 5.15. The number of carbonyl (C=O) groups is 2. The fourth-order valence-corrected chi connectivity index (χ4v) is 2.76. The van der Waals surface area contributed by atoms with Crippen LogP contribution >= 0.6 is 0 Å². The largest absolute Gasteiger partial charge is 0.482 e. The van der Waals surface area contributed by atoms with Gasteiger partial charge in [-0.2, -0.15) is 0 Å². The van der Waals surface area contributed by atoms with Gasteiger partial charge in [0.05, 0.1) is 0 Å². The second-order valence-corrected chi connectivity index (χ2v) is 5.32. The zero-order valence-electron chi connectivity index (χ0n) is 9.15. The van der Waals surface area contributed by atoms with E-state index >= 15 is 0 Å². The summed E-state index contributed by atoms with van der Waals surface area (Å²) in [7, 11) is -2.01. The van der Waals surface area contributed by atoms with Crippen molar-refractivity contribution < 1.29 is 29.0 Å². The lowest BCUT2D eigenvalue weighted by atomic mass is 10.2. The smallest absolute Gasteiger partial charge is 0.343 e. The molecule has 94 valence electrons. The van der Waals surface area contributed by atoms with E-state index < -0.39 is 32.8 Å². The van der Waals surface area contributed by atoms with Gasteiger partial charge < -0.3 is 19.4 Å². The third-order valence-corrected chi connectivity index (χ3v) is 3.95. The lowest BCUT2D eigenvalue weighted by molar-refractivity contribution is -0.164. The highest BCUT2D eigenvalue weighted by atomic mass is 28.3. The quantitative estimate of drug-likeness (QED) is 0.419. The molecule has 2 heterocycles. The second-order valence-electron chi connectivity index (χ2n) is 3.56. The molecule has 0 saturated heterocycles. The van der Waals surface area contributed by atoms with Gasteiger partial charge in [0.15, 0.2) is 17.6 Å². The summed E-state index contributed by atoms with van der Waals surface area (Å²) in [5.41, 5.74) is 1.59. The van der Waals surface area contributed by atoms with Gasteiger partial charge in [-0.05, 0) is 11.8 Å². The Hall–Kier alpha value is -1.83. The first-order valence-corrected chi connectivity index (χ1v) is 6.63. The van der Waals surface area contributed by atoms with Gasteiger partial charge >= 0.3 is 20.6 Å². The number of rotatable bonds is 0. The molecule has 0 bridgehead atoms. The summed E-state index contributed by atoms with van der Waals surface area (Å²) in [5.74, 6) is -2.10. The van der Waals surface area contributed by atoms with Gasteiger partial charge in [-0.25, -0.2) is 9.59 Å². The van der Waals surface area contributed by atoms with Crippen LogP contribution in [0.2, 0.25) is 0 Å². The van der Waals surface area contributed by atoms with E-state index in [9.17, 15) is 19.8 Å². The molecule has 2 N–H and O–H groups in total. The van der Waals surface area contributed by atoms with Crippen molar-refractivity contribution in [2.24, 2.45) is 0 Å². The van der Waals surface area contributed by atoms with Crippen LogP contribution < -0.4 is 0 Å². The molecular weight excluding hydrogens is 256 g/mol. The number of allylic oxidation sites excluding steroid dienone is 4. The molecule has 0 amide bonds. The van der Waals surface area contributed by atoms with Crippen molar-refractivity contribution in [1.82, 2.24) is 0 Å². The average Bonchev–Trinajstić information content (AvgIpc) is 2.33. The van der Waals surface area contributed by atoms with E-state index in [2.05, 4.69) is 0 Å². The Bertz CT molecular complexity index is 458. The summed E-state index contributed by atoms with van der Waals surface area (Å²) in [4.78, 5) is 22.9. The van der Waals surface area contributed by atoms with Crippen LogP contribution in [-0.2, 0) is 18.8 Å². The monoisotopic (exact) mass is 266 g/mol. The van der Waals surface area contributed by atoms with E-state index in [1.165, 1.54) is 6.08 Å². The second kappa shape index (κ2) is 5.21. The van der Waals surface area contributed by atoms with E-state index in [1.807, 2.05) is 0 Å². The molecular formula is C11H10O6Si. The number of esters is 1. The van der Waals surface area contributed by atoms with Crippen molar-refractivity contribution in [3.05, 3.63) is 36.1 Å². The molecule has 0 aromatic rings. The van der Waals surface area contributed by atoms with Gasteiger partial charge in [0.25, 0.3) is 0 Å². The van der Waals surface area contributed by atoms with Crippen LogP contribution in [0, 0.1) is 0 Å². The average molecular weight is 266 g/mol. The molecule has 2 unspecified atom stereocenters. The van der Waals surface area contributed by atoms with Gasteiger partial charge in [-0.15, -0.1) is 0 Å². The lowest BCUT2D eigenvalue weighted by Gasteiger charge is -2.20. The Morgan fingerprint density at radius 2 is 1.67 bits per heavy atom. The summed E-state index contributed by atoms with van der Waals surface area (Å²) in [6, 6.07) is 0. The molecule has 2 rings (SSSR count). The fourth-order valence-electron chi connectivity index (χ4n) is 1.34. The third kappa shape index (κ3) is 2.53. The molecule has 0 saturated carbocycles. The summed E-state index contributed by atoms with van der Waals surface area (Å²) in [5, 5.41) is 18.9. The van der Waals surface area contributed by atoms with Crippen molar-refractivity contribution in [2.75, 3.05) is 0 Å². The highest BCUT2D eigenvalue weighted by molar-refractivity contribution is 6.72. The molecule has 0 radical (unpaired) electrons. The van der Waals surface area contributed by atoms with Crippen molar-refractivity contribution in [2.45, 2.75) is 12.2 Å². The molecule has 2 aliphatic heterocycles. The van der Waals surface area contributed by atoms with Crippen LogP contribution in [0.1, 0.15) is 0 Å². The number of ether oxygens (including phenoxy) is 1. The van der Waals surface area contributed by atoms with Gasteiger partial charge in [-0.1, -0.05) is 24.3 Å². The third-order valence-electron chi connectivity index (χ3n) is 2.27. The number of carbonyl (C=O) groups excluding carboxylic acids is 2. The van der Waals surface area contributed by atoms with Crippen LogP contribution in [0.5, 0.6) is 0 Å². The zero-order valence-corrected chi connectivity index (χ0v) is 10.1. The molecule has 0 aliphatic carbocycles. The van der Waals surface area contributed by atoms with Crippen LogP contribution in [-0.4, -0.2) is 48.4 Å². The maximum atomic E-state index is 11.5. The maximum absolute atomic E-state index is 11.5. The van der Waals surface area contributed by atoms with E-state index in [0.717, 1.165) is 0 Å². The molecule has 0 spiro atoms. The van der Waals surface area contributed by atoms with Crippen LogP contribution in [0.15, 0.2) is 36.1 Å². The Morgan fingerprint density at radius 1 is 1.00 bits per heavy atom. The fraction of sp³-hybridized carbons (Fsp3) is 0.182. The highest BCUT2D eigenvalue weighted by Crippen LogP contribution is 2.07. The van der Waals surface area contributed by atoms with Gasteiger partial charge in [0.1, 0.15) is 0 Å². The summed E-state index contributed by atoms with van der Waals surface area (Å²) in [6.07, 6.45) is 4.34. The van der Waals surface area contributed by atoms with Crippen molar-refractivity contribution in [1.29, 1.82) is 0 Å². The first kappa shape index (κ1) is 12.6. The van der Waals surface area contributed by atoms with Gasteiger partial charge in [-0.3, -0.25) is 0 Å². The first-order chi connectivity index (χ1) is 8.59. The highest BCUT2D eigenvalue weighted by Gasteiger charge is 2.36. The molecule has 2 atom stereocenters. The van der Waals surface area contributed by atoms with E-state index in [4.69, 9.17) is 9.16 Å². The Morgan fingerprint density at radius 3 is 2.44 bits per heavy atom. The minimum atomic E-state index is -2.01. The number of hydrogen-bond acceptors (Lipinski definition) is 6. The standard InChI is InChI=1S/C11H10O6Si/c12-8-9(13)11(15)17-18-6-4-2-1-3-5-7(18)16-10(8)14/h1-6,8-9,12-13H/b2-1-,3-1?,4-2?,5-3-,6-4-,7-5?,18-6?,18-7-. The zero-order chi connectivity index (χ0) is 13.1. The van der Waals surface area contributed by atoms with E-state index in [-0.39, 0.29) is 5.35 Å². The summed E-state index contributed by atoms with van der Waals surface area (Å²) < 4.78 is 9.95. The van der Waals surface area contributed by atoms with E-state index in [1.54, 1.807) is 30.0 Å². The Balaban J connectivity index is 2.42. The maximum Gasteiger partial charge on any atom is 0.343 e. The molecule has 0 fully saturated rings. The van der Waals surface area contributed by atoms with Crippen molar-refractivity contribution in [3.8, 4) is 0 Å². The van der Waals surface area contributed by atoms with Crippen molar-refractivity contribution in [3.63, 3.8) is 0 Å². The molecule has 18 heavy (non-hydrogen) atoms. The van der Waals surface area contributed by atoms with Crippen LogP contribution in [0.4, 0.5) is 0 Å². The predicted octanol–water partition coefficient (Wildman–Crippen LogP) is -1.27. The minimum Gasteiger partial charge on any atom is -0.482 e. The molecule has 7 heteroatoms. The Kier molecular flexibility index (Phi) is 3.65. The topological polar surface area (TPSA) is 93.1 Å². The number of aliphatic hydroxyl groups excluding tert-OH is 2. The van der Waals surface area contributed by atoms with Crippen LogP contribution in [0.3, 0.4) is 0 Å². The number of aliphatic hydroxyl groups is 2. The minimum absolute atomic E-state index is 0.171. The normalized spacial score (nSPS) is 37.0. The lowest BCUT2D eigenvalue weighted by Crippen LogP contribution is -2.46. The van der Waals surface area contributed by atoms with Crippen LogP contribution in [0.25, 0.3) is 0 Å². The van der Waals surface area contributed by atoms with E-state index in [0.29, 0.717) is 0 Å². The van der Waals surface area contributed by atoms with Crippen molar-refractivity contribution >= 4 is 25.9 Å². The molecule has 0 aromatic carbocycles. The van der Waals surface area contributed by atoms with Gasteiger partial charge in [0, 0.05) is 0 Å². The predicted molar refractivity (Wildman–Crippen MR) is 62.4 cm³/mol.